The number of esters is 1. The van der Waals surface area contributed by atoms with Gasteiger partial charge < -0.3 is 23.2 Å². The Balaban J connectivity index is 1.78. The highest BCUT2D eigenvalue weighted by Gasteiger charge is 2.35. The van der Waals surface area contributed by atoms with Crippen LogP contribution in [0.15, 0.2) is 45.6 Å². The third-order valence-electron chi connectivity index (χ3n) is 5.49. The maximum Gasteiger partial charge on any atom is 0.350 e. The average Bonchev–Trinajstić information content (AvgIpc) is 3.27. The zero-order valence-electron chi connectivity index (χ0n) is 21.4. The summed E-state index contributed by atoms with van der Waals surface area (Å²) >= 11 is 14.1. The second-order valence-electron chi connectivity index (χ2n) is 8.23. The number of hydrogen-bond donors (Lipinski definition) is 1. The molecule has 0 radical (unpaired) electrons. The molecule has 0 bridgehead atoms. The van der Waals surface area contributed by atoms with Crippen molar-refractivity contribution >= 4 is 58.3 Å². The van der Waals surface area contributed by atoms with E-state index < -0.39 is 46.5 Å². The minimum atomic E-state index is -0.998. The highest BCUT2D eigenvalue weighted by atomic mass is 35.5. The fourth-order valence-corrected chi connectivity index (χ4v) is 5.51. The number of methoxy groups -OCH3 is 1. The van der Waals surface area contributed by atoms with Gasteiger partial charge in [0.15, 0.2) is 5.78 Å². The van der Waals surface area contributed by atoms with E-state index in [4.69, 9.17) is 36.5 Å². The van der Waals surface area contributed by atoms with Crippen LogP contribution in [0.3, 0.4) is 0 Å². The lowest BCUT2D eigenvalue weighted by atomic mass is 9.94. The largest absolute Gasteiger partial charge is 0.507 e. The number of aromatic hydroxyl groups is 1. The molecule has 14 heteroatoms. The molecule has 9 nitrogen and oxygen atoms in total. The molecule has 0 fully saturated rings. The van der Waals surface area contributed by atoms with Crippen LogP contribution >= 0.6 is 46.6 Å². The van der Waals surface area contributed by atoms with Crippen LogP contribution in [0.25, 0.3) is 0 Å². The lowest BCUT2D eigenvalue weighted by Crippen LogP contribution is -2.25. The Labute approximate surface area is 247 Å². The summed E-state index contributed by atoms with van der Waals surface area (Å²) < 4.78 is 34.6. The summed E-state index contributed by atoms with van der Waals surface area (Å²) in [6.07, 6.45) is 4.87. The third-order valence-corrected chi connectivity index (χ3v) is 7.57. The van der Waals surface area contributed by atoms with E-state index in [1.807, 2.05) is 0 Å². The van der Waals surface area contributed by atoms with Gasteiger partial charge in [0.2, 0.25) is 0 Å². The van der Waals surface area contributed by atoms with Crippen LogP contribution in [-0.2, 0) is 20.1 Å². The van der Waals surface area contributed by atoms with Gasteiger partial charge in [-0.25, -0.2) is 14.0 Å². The van der Waals surface area contributed by atoms with E-state index in [1.165, 1.54) is 38.3 Å². The third kappa shape index (κ3) is 8.07. The molecular weight excluding hydrogens is 608 g/mol. The molecule has 2 heterocycles. The predicted octanol–water partition coefficient (Wildman–Crippen LogP) is 6.95. The quantitative estimate of drug-likeness (QED) is 0.0696. The zero-order chi connectivity index (χ0) is 29.4. The van der Waals surface area contributed by atoms with Gasteiger partial charge in [0.1, 0.15) is 39.9 Å². The summed E-state index contributed by atoms with van der Waals surface area (Å²) in [7, 11) is 1.27. The first kappa shape index (κ1) is 31.6. The van der Waals surface area contributed by atoms with Crippen molar-refractivity contribution in [3.05, 3.63) is 79.0 Å². The number of carbonyl (C=O) groups is 2. The highest BCUT2D eigenvalue weighted by molar-refractivity contribution is 7.93. The van der Waals surface area contributed by atoms with Gasteiger partial charge in [-0.2, -0.15) is 4.98 Å². The number of halogens is 3. The molecule has 2 atom stereocenters. The normalized spacial score (nSPS) is 12.8. The topological polar surface area (TPSA) is 125 Å². The minimum Gasteiger partial charge on any atom is -0.507 e. The van der Waals surface area contributed by atoms with Crippen molar-refractivity contribution < 1.29 is 37.2 Å². The van der Waals surface area contributed by atoms with Gasteiger partial charge in [-0.15, -0.1) is 0 Å². The molecule has 0 amide bonds. The molecule has 2 unspecified atom stereocenters. The number of rotatable bonds is 13. The van der Waals surface area contributed by atoms with E-state index in [0.717, 1.165) is 29.4 Å². The fraction of sp³-hybridized carbons (Fsp3) is 0.308. The first-order valence-corrected chi connectivity index (χ1v) is 14.4. The molecule has 40 heavy (non-hydrogen) atoms. The Morgan fingerprint density at radius 1 is 1.30 bits per heavy atom. The molecule has 0 aliphatic carbocycles. The monoisotopic (exact) mass is 631 g/mol. The van der Waals surface area contributed by atoms with Crippen molar-refractivity contribution in [2.24, 2.45) is 5.92 Å². The number of hydrogen-bond acceptors (Lipinski definition) is 11. The maximum atomic E-state index is 13.5. The molecule has 0 saturated heterocycles. The van der Waals surface area contributed by atoms with E-state index in [-0.39, 0.29) is 33.3 Å². The summed E-state index contributed by atoms with van der Waals surface area (Å²) in [5.41, 5.74) is -1.51. The molecule has 1 N–H and O–H groups in total. The van der Waals surface area contributed by atoms with Gasteiger partial charge in [0, 0.05) is 30.9 Å². The van der Waals surface area contributed by atoms with Gasteiger partial charge in [0.25, 0.3) is 5.19 Å². The Morgan fingerprint density at radius 3 is 2.70 bits per heavy atom. The van der Waals surface area contributed by atoms with Crippen LogP contribution in [0.1, 0.15) is 46.9 Å². The number of thiazole rings is 1. The van der Waals surface area contributed by atoms with Gasteiger partial charge >= 0.3 is 11.6 Å². The van der Waals surface area contributed by atoms with Gasteiger partial charge in [0.05, 0.1) is 22.9 Å². The molecule has 0 spiro atoms. The van der Waals surface area contributed by atoms with E-state index in [9.17, 15) is 23.9 Å². The summed E-state index contributed by atoms with van der Waals surface area (Å²) in [6.45, 7) is 1.51. The number of aryl methyl sites for hydroxylation is 1. The lowest BCUT2D eigenvalue weighted by Gasteiger charge is -2.21. The zero-order valence-corrected chi connectivity index (χ0v) is 24.6. The van der Waals surface area contributed by atoms with Crippen LogP contribution in [0, 0.1) is 11.7 Å². The van der Waals surface area contributed by atoms with Gasteiger partial charge in [-0.1, -0.05) is 47.5 Å². The van der Waals surface area contributed by atoms with Crippen LogP contribution in [0.4, 0.5) is 4.39 Å². The van der Waals surface area contributed by atoms with Crippen LogP contribution in [0.2, 0.25) is 10.2 Å². The van der Waals surface area contributed by atoms with Gasteiger partial charge in [-0.3, -0.25) is 4.79 Å². The second-order valence-corrected chi connectivity index (χ2v) is 10.5. The van der Waals surface area contributed by atoms with Crippen molar-refractivity contribution in [1.29, 1.82) is 0 Å². The standard InChI is InChI=1S/C26H24Cl2FNO8S2/c1-13(21(33)20-18(31)12-14(36-25(20)34)7-5-4-6-8-19(32)35-2)22(38-39-3)23-24(28)30-26(40-23)37-15-9-10-17(29)16(27)11-15/h6,8-13,22,31H,4-5,7H2,1-3H3/b8-6+. The smallest absolute Gasteiger partial charge is 0.350 e. The molecule has 0 saturated carbocycles. The first-order valence-electron chi connectivity index (χ1n) is 11.7. The number of Topliss-reactive ketones (excluding diaryl/α,β-unsaturated/α-hetero) is 1. The van der Waals surface area contributed by atoms with Crippen molar-refractivity contribution in [3.8, 4) is 16.7 Å². The van der Waals surface area contributed by atoms with E-state index >= 15 is 0 Å². The summed E-state index contributed by atoms with van der Waals surface area (Å²) in [5.74, 6) is -2.94. The summed E-state index contributed by atoms with van der Waals surface area (Å²) in [5, 5.41) is 10.5. The highest BCUT2D eigenvalue weighted by Crippen LogP contribution is 2.43. The number of benzene rings is 1. The number of aromatic nitrogens is 1. The molecular formula is C26H24Cl2FNO8S2. The molecule has 3 aromatic rings. The SMILES string of the molecule is COC(=O)/C=C/CCCc1cc(O)c(C(=O)C(C)C(OSC)c2sc(Oc3ccc(F)c(Cl)c3)nc2Cl)c(=O)o1. The Bertz CT molecular complexity index is 1460. The molecule has 3 rings (SSSR count). The van der Waals surface area contributed by atoms with E-state index in [2.05, 4.69) is 9.72 Å². The van der Waals surface area contributed by atoms with E-state index in [1.54, 1.807) is 12.3 Å². The number of unbranched alkanes of at least 4 members (excludes halogenated alkanes) is 1. The van der Waals surface area contributed by atoms with Crippen LogP contribution in [0.5, 0.6) is 16.7 Å². The minimum absolute atomic E-state index is 0.000221. The molecule has 0 aliphatic rings. The van der Waals surface area contributed by atoms with Crippen molar-refractivity contribution in [3.63, 3.8) is 0 Å². The number of allylic oxidation sites excluding steroid dienone is 1. The number of carbonyl (C=O) groups excluding carboxylic acids is 2. The summed E-state index contributed by atoms with van der Waals surface area (Å²) in [6, 6.07) is 5.00. The molecule has 1 aromatic carbocycles. The van der Waals surface area contributed by atoms with Crippen molar-refractivity contribution in [2.75, 3.05) is 13.4 Å². The number of ether oxygens (including phenoxy) is 2. The lowest BCUT2D eigenvalue weighted by molar-refractivity contribution is -0.134. The van der Waals surface area contributed by atoms with E-state index in [0.29, 0.717) is 17.7 Å². The molecule has 214 valence electrons. The fourth-order valence-electron chi connectivity index (χ4n) is 3.50. The van der Waals surface area contributed by atoms with Crippen LogP contribution in [-0.4, -0.2) is 35.2 Å². The van der Waals surface area contributed by atoms with Crippen LogP contribution < -0.4 is 10.4 Å². The Morgan fingerprint density at radius 2 is 2.05 bits per heavy atom. The van der Waals surface area contributed by atoms with Gasteiger partial charge in [-0.05, 0) is 37.0 Å². The maximum absolute atomic E-state index is 13.5. The first-order chi connectivity index (χ1) is 19.0. The average molecular weight is 633 g/mol. The molecule has 2 aromatic heterocycles. The summed E-state index contributed by atoms with van der Waals surface area (Å²) in [4.78, 5) is 41.6. The number of ketones is 1. The Hall–Kier alpha value is -2.90. The molecule has 0 aliphatic heterocycles. The predicted molar refractivity (Wildman–Crippen MR) is 150 cm³/mol. The Kier molecular flexibility index (Phi) is 11.6. The van der Waals surface area contributed by atoms with Crippen molar-refractivity contribution in [1.82, 2.24) is 4.98 Å². The second kappa shape index (κ2) is 14.6. The number of nitrogens with zero attached hydrogens (tertiary/aromatic N) is 1. The van der Waals surface area contributed by atoms with Crippen molar-refractivity contribution in [2.45, 2.75) is 32.3 Å².